The van der Waals surface area contributed by atoms with E-state index in [4.69, 9.17) is 4.74 Å². The Morgan fingerprint density at radius 3 is 2.52 bits per heavy atom. The first-order valence-corrected chi connectivity index (χ1v) is 8.16. The molecule has 1 N–H and O–H groups in total. The molecule has 0 aromatic carbocycles. The van der Waals surface area contributed by atoms with Crippen molar-refractivity contribution >= 4 is 12.0 Å². The van der Waals surface area contributed by atoms with Gasteiger partial charge < -0.3 is 15.0 Å². The second kappa shape index (κ2) is 5.50. The van der Waals surface area contributed by atoms with Crippen LogP contribution in [0.5, 0.6) is 0 Å². The van der Waals surface area contributed by atoms with E-state index in [-0.39, 0.29) is 23.8 Å². The van der Waals surface area contributed by atoms with E-state index in [9.17, 15) is 9.59 Å². The molecule has 21 heavy (non-hydrogen) atoms. The maximum absolute atomic E-state index is 12.3. The molecule has 1 aliphatic heterocycles. The summed E-state index contributed by atoms with van der Waals surface area (Å²) in [6, 6.07) is 0.0390. The normalized spacial score (nSPS) is 30.7. The van der Waals surface area contributed by atoms with Crippen LogP contribution in [0.25, 0.3) is 0 Å². The summed E-state index contributed by atoms with van der Waals surface area (Å²) in [7, 11) is 1.43. The lowest BCUT2D eigenvalue weighted by Crippen LogP contribution is -2.50. The van der Waals surface area contributed by atoms with Gasteiger partial charge in [0.15, 0.2) is 0 Å². The fourth-order valence-corrected chi connectivity index (χ4v) is 3.78. The minimum atomic E-state index is -0.145. The van der Waals surface area contributed by atoms with Crippen molar-refractivity contribution in [1.29, 1.82) is 0 Å². The lowest BCUT2D eigenvalue weighted by molar-refractivity contribution is -0.148. The molecule has 2 atom stereocenters. The molecule has 5 heteroatoms. The van der Waals surface area contributed by atoms with Gasteiger partial charge in [0, 0.05) is 19.6 Å². The van der Waals surface area contributed by atoms with Gasteiger partial charge in [0.05, 0.1) is 13.0 Å². The average Bonchev–Trinajstić information content (AvgIpc) is 3.36. The topological polar surface area (TPSA) is 58.6 Å². The Kier molecular flexibility index (Phi) is 3.84. The van der Waals surface area contributed by atoms with Gasteiger partial charge in [0.2, 0.25) is 0 Å². The molecule has 0 spiro atoms. The molecule has 2 aliphatic carbocycles. The highest BCUT2D eigenvalue weighted by Gasteiger charge is 2.53. The Hall–Kier alpha value is -1.26. The molecular formula is C16H26N2O3. The van der Waals surface area contributed by atoms with Gasteiger partial charge in [-0.2, -0.15) is 0 Å². The van der Waals surface area contributed by atoms with E-state index in [2.05, 4.69) is 5.32 Å². The summed E-state index contributed by atoms with van der Waals surface area (Å²) in [6.45, 7) is 4.14. The van der Waals surface area contributed by atoms with Crippen LogP contribution in [0.1, 0.15) is 39.0 Å². The summed E-state index contributed by atoms with van der Waals surface area (Å²) in [5, 5.41) is 3.13. The van der Waals surface area contributed by atoms with Crippen molar-refractivity contribution in [3.63, 3.8) is 0 Å². The third kappa shape index (κ3) is 3.01. The second-order valence-electron chi connectivity index (χ2n) is 7.14. The van der Waals surface area contributed by atoms with Crippen molar-refractivity contribution < 1.29 is 14.3 Å². The summed E-state index contributed by atoms with van der Waals surface area (Å²) in [6.07, 6.45) is 5.95. The van der Waals surface area contributed by atoms with E-state index >= 15 is 0 Å². The van der Waals surface area contributed by atoms with E-state index in [0.29, 0.717) is 24.9 Å². The van der Waals surface area contributed by atoms with Gasteiger partial charge >= 0.3 is 12.0 Å². The lowest BCUT2D eigenvalue weighted by atomic mass is 9.87. The molecule has 2 saturated carbocycles. The summed E-state index contributed by atoms with van der Waals surface area (Å²) >= 11 is 0. The SMILES string of the molecule is COC(=O)[C@H]1CCN(C(=O)NCC2(C3CC3)CC2)C[C@@H]1C. The van der Waals surface area contributed by atoms with Crippen molar-refractivity contribution in [1.82, 2.24) is 10.2 Å². The van der Waals surface area contributed by atoms with Crippen LogP contribution in [0, 0.1) is 23.2 Å². The molecule has 1 saturated heterocycles. The highest BCUT2D eigenvalue weighted by Crippen LogP contribution is 2.60. The van der Waals surface area contributed by atoms with Gasteiger partial charge in [-0.3, -0.25) is 4.79 Å². The number of esters is 1. The van der Waals surface area contributed by atoms with Gasteiger partial charge in [-0.25, -0.2) is 4.79 Å². The third-order valence-corrected chi connectivity index (χ3v) is 5.62. The zero-order valence-electron chi connectivity index (χ0n) is 13.1. The Balaban J connectivity index is 1.47. The van der Waals surface area contributed by atoms with Gasteiger partial charge in [-0.05, 0) is 49.4 Å². The monoisotopic (exact) mass is 294 g/mol. The fourth-order valence-electron chi connectivity index (χ4n) is 3.78. The maximum Gasteiger partial charge on any atom is 0.317 e. The quantitative estimate of drug-likeness (QED) is 0.807. The van der Waals surface area contributed by atoms with E-state index in [0.717, 1.165) is 12.5 Å². The van der Waals surface area contributed by atoms with Crippen LogP contribution < -0.4 is 5.32 Å². The van der Waals surface area contributed by atoms with Gasteiger partial charge in [0.25, 0.3) is 0 Å². The smallest absolute Gasteiger partial charge is 0.317 e. The number of hydrogen-bond acceptors (Lipinski definition) is 3. The Labute approximate surface area is 126 Å². The molecule has 0 radical (unpaired) electrons. The number of methoxy groups -OCH3 is 1. The molecule has 3 aliphatic rings. The number of likely N-dealkylation sites (tertiary alicyclic amines) is 1. The summed E-state index contributed by atoms with van der Waals surface area (Å²) in [5.41, 5.74) is 0.436. The molecule has 0 unspecified atom stereocenters. The minimum absolute atomic E-state index is 0.0390. The average molecular weight is 294 g/mol. The number of piperidine rings is 1. The van der Waals surface area contributed by atoms with Crippen LogP contribution >= 0.6 is 0 Å². The molecule has 0 aromatic rings. The predicted octanol–water partition coefficient (Wildman–Crippen LogP) is 2.02. The summed E-state index contributed by atoms with van der Waals surface area (Å²) in [5.74, 6) is 0.811. The number of nitrogens with one attached hydrogen (secondary N) is 1. The largest absolute Gasteiger partial charge is 0.469 e. The number of nitrogens with zero attached hydrogens (tertiary/aromatic N) is 1. The van der Waals surface area contributed by atoms with Crippen LogP contribution in [0.2, 0.25) is 0 Å². The molecule has 0 bridgehead atoms. The van der Waals surface area contributed by atoms with Gasteiger partial charge in [0.1, 0.15) is 0 Å². The van der Waals surface area contributed by atoms with Crippen molar-refractivity contribution in [2.75, 3.05) is 26.7 Å². The first kappa shape index (κ1) is 14.7. The highest BCUT2D eigenvalue weighted by molar-refractivity contribution is 5.76. The highest BCUT2D eigenvalue weighted by atomic mass is 16.5. The minimum Gasteiger partial charge on any atom is -0.469 e. The van der Waals surface area contributed by atoms with Crippen molar-refractivity contribution in [2.24, 2.45) is 23.2 Å². The predicted molar refractivity (Wildman–Crippen MR) is 78.6 cm³/mol. The van der Waals surface area contributed by atoms with Crippen LogP contribution in [0.4, 0.5) is 4.79 Å². The maximum atomic E-state index is 12.3. The van der Waals surface area contributed by atoms with Gasteiger partial charge in [-0.15, -0.1) is 0 Å². The lowest BCUT2D eigenvalue weighted by Gasteiger charge is -2.35. The molecule has 1 heterocycles. The third-order valence-electron chi connectivity index (χ3n) is 5.62. The van der Waals surface area contributed by atoms with Crippen LogP contribution in [-0.4, -0.2) is 43.6 Å². The Morgan fingerprint density at radius 2 is 2.00 bits per heavy atom. The van der Waals surface area contributed by atoms with Crippen LogP contribution in [0.15, 0.2) is 0 Å². The van der Waals surface area contributed by atoms with Crippen LogP contribution in [-0.2, 0) is 9.53 Å². The standard InChI is InChI=1S/C16H26N2O3/c1-11-9-18(8-5-13(11)14(19)21-2)15(20)17-10-16(6-7-16)12-3-4-12/h11-13H,3-10H2,1-2H3,(H,17,20)/t11-,13-/m0/s1. The number of carbonyl (C=O) groups is 2. The molecule has 2 amide bonds. The number of carbonyl (C=O) groups excluding carboxylic acids is 2. The summed E-state index contributed by atoms with van der Waals surface area (Å²) in [4.78, 5) is 25.8. The van der Waals surface area contributed by atoms with Gasteiger partial charge in [-0.1, -0.05) is 6.92 Å². The second-order valence-corrected chi connectivity index (χ2v) is 7.14. The number of hydrogen-bond donors (Lipinski definition) is 1. The van der Waals surface area contributed by atoms with Crippen molar-refractivity contribution in [2.45, 2.75) is 39.0 Å². The number of rotatable bonds is 4. The van der Waals surface area contributed by atoms with E-state index in [1.54, 1.807) is 0 Å². The zero-order valence-corrected chi connectivity index (χ0v) is 13.1. The molecule has 118 valence electrons. The molecular weight excluding hydrogens is 268 g/mol. The molecule has 5 nitrogen and oxygen atoms in total. The zero-order chi connectivity index (χ0) is 15.0. The fraction of sp³-hybridized carbons (Fsp3) is 0.875. The van der Waals surface area contributed by atoms with E-state index < -0.39 is 0 Å². The molecule has 0 aromatic heterocycles. The van der Waals surface area contributed by atoms with E-state index in [1.807, 2.05) is 11.8 Å². The summed E-state index contributed by atoms with van der Waals surface area (Å²) < 4.78 is 4.83. The first-order chi connectivity index (χ1) is 10.1. The molecule has 3 fully saturated rings. The molecule has 3 rings (SSSR count). The number of ether oxygens (including phenoxy) is 1. The van der Waals surface area contributed by atoms with Crippen molar-refractivity contribution in [3.8, 4) is 0 Å². The first-order valence-electron chi connectivity index (χ1n) is 8.16. The number of urea groups is 1. The van der Waals surface area contributed by atoms with Crippen LogP contribution in [0.3, 0.4) is 0 Å². The van der Waals surface area contributed by atoms with E-state index in [1.165, 1.54) is 32.8 Å². The Bertz CT molecular complexity index is 429. The number of amides is 2. The van der Waals surface area contributed by atoms with Crippen molar-refractivity contribution in [3.05, 3.63) is 0 Å². The Morgan fingerprint density at radius 1 is 1.29 bits per heavy atom.